The summed E-state index contributed by atoms with van der Waals surface area (Å²) in [4.78, 5) is 11.6. The fourth-order valence-corrected chi connectivity index (χ4v) is 3.31. The van der Waals surface area contributed by atoms with Crippen LogP contribution in [0.2, 0.25) is 0 Å². The van der Waals surface area contributed by atoms with E-state index in [4.69, 9.17) is 5.73 Å². The minimum absolute atomic E-state index is 0.361. The van der Waals surface area contributed by atoms with Crippen molar-refractivity contribution in [3.63, 3.8) is 0 Å². The van der Waals surface area contributed by atoms with Gasteiger partial charge in [0.05, 0.1) is 17.6 Å². The van der Waals surface area contributed by atoms with Crippen molar-refractivity contribution in [3.05, 3.63) is 17.7 Å². The molecular formula is C14H22N4. The maximum Gasteiger partial charge on any atom is 0.131 e. The summed E-state index contributed by atoms with van der Waals surface area (Å²) >= 11 is 0. The highest BCUT2D eigenvalue weighted by molar-refractivity contribution is 5.52. The normalized spacial score (nSPS) is 26.3. The number of nitrogens with zero attached hydrogens (tertiary/aromatic N) is 3. The minimum Gasteiger partial charge on any atom is -0.365 e. The van der Waals surface area contributed by atoms with E-state index < -0.39 is 0 Å². The van der Waals surface area contributed by atoms with Crippen molar-refractivity contribution in [2.75, 3.05) is 11.4 Å². The molecule has 3 rings (SSSR count). The first-order valence-corrected chi connectivity index (χ1v) is 7.01. The zero-order chi connectivity index (χ0) is 12.7. The summed E-state index contributed by atoms with van der Waals surface area (Å²) in [5.74, 6) is 2.15. The van der Waals surface area contributed by atoms with E-state index in [0.29, 0.717) is 18.5 Å². The molecule has 2 unspecified atom stereocenters. The van der Waals surface area contributed by atoms with Crippen LogP contribution in [0.15, 0.2) is 6.20 Å². The first-order chi connectivity index (χ1) is 8.69. The highest BCUT2D eigenvalue weighted by atomic mass is 15.2. The molecule has 98 valence electrons. The van der Waals surface area contributed by atoms with E-state index in [-0.39, 0.29) is 0 Å². The third-order valence-electron chi connectivity index (χ3n) is 4.29. The van der Waals surface area contributed by atoms with Crippen molar-refractivity contribution in [1.29, 1.82) is 0 Å². The Hall–Kier alpha value is -1.16. The van der Waals surface area contributed by atoms with Crippen LogP contribution in [-0.4, -0.2) is 22.6 Å². The fraction of sp³-hybridized carbons (Fsp3) is 0.714. The molecule has 1 aliphatic carbocycles. The highest BCUT2D eigenvalue weighted by Crippen LogP contribution is 2.40. The van der Waals surface area contributed by atoms with Gasteiger partial charge in [-0.15, -0.1) is 0 Å². The highest BCUT2D eigenvalue weighted by Gasteiger charge is 2.38. The monoisotopic (exact) mass is 246 g/mol. The standard InChI is InChI=1S/C14H22N4/c1-9(2)14-16-7-13(12(6-15)17-14)18-8-10-3-4-11(18)5-10/h7,9-11H,3-6,8,15H2,1-2H3. The number of anilines is 1. The van der Waals surface area contributed by atoms with Crippen LogP contribution >= 0.6 is 0 Å². The summed E-state index contributed by atoms with van der Waals surface area (Å²) in [6.07, 6.45) is 6.05. The zero-order valence-electron chi connectivity index (χ0n) is 11.3. The summed E-state index contributed by atoms with van der Waals surface area (Å²) in [5.41, 5.74) is 8.06. The van der Waals surface area contributed by atoms with Crippen LogP contribution in [0.5, 0.6) is 0 Å². The van der Waals surface area contributed by atoms with Gasteiger partial charge in [0.15, 0.2) is 0 Å². The van der Waals surface area contributed by atoms with Gasteiger partial charge < -0.3 is 10.6 Å². The molecule has 1 saturated carbocycles. The van der Waals surface area contributed by atoms with Gasteiger partial charge in [0.2, 0.25) is 0 Å². The molecule has 0 spiro atoms. The van der Waals surface area contributed by atoms with E-state index in [9.17, 15) is 0 Å². The molecular weight excluding hydrogens is 224 g/mol. The van der Waals surface area contributed by atoms with Crippen molar-refractivity contribution in [2.45, 2.75) is 51.6 Å². The molecule has 2 aliphatic rings. The van der Waals surface area contributed by atoms with Crippen molar-refractivity contribution in [3.8, 4) is 0 Å². The third-order valence-corrected chi connectivity index (χ3v) is 4.29. The number of hydrogen-bond acceptors (Lipinski definition) is 4. The van der Waals surface area contributed by atoms with E-state index in [1.807, 2.05) is 6.20 Å². The number of hydrogen-bond donors (Lipinski definition) is 1. The summed E-state index contributed by atoms with van der Waals surface area (Å²) in [6, 6.07) is 0.703. The first kappa shape index (κ1) is 11.9. The largest absolute Gasteiger partial charge is 0.365 e. The van der Waals surface area contributed by atoms with E-state index in [0.717, 1.165) is 17.4 Å². The van der Waals surface area contributed by atoms with Crippen molar-refractivity contribution in [2.24, 2.45) is 11.7 Å². The van der Waals surface area contributed by atoms with Gasteiger partial charge in [-0.05, 0) is 25.2 Å². The Morgan fingerprint density at radius 2 is 2.28 bits per heavy atom. The first-order valence-electron chi connectivity index (χ1n) is 7.01. The Labute approximate surface area is 109 Å². The lowest BCUT2D eigenvalue weighted by Gasteiger charge is -2.30. The quantitative estimate of drug-likeness (QED) is 0.887. The molecule has 2 heterocycles. The van der Waals surface area contributed by atoms with Crippen LogP contribution in [-0.2, 0) is 6.54 Å². The summed E-state index contributed by atoms with van der Waals surface area (Å²) < 4.78 is 0. The molecule has 2 atom stereocenters. The van der Waals surface area contributed by atoms with Crippen LogP contribution in [0.25, 0.3) is 0 Å². The third kappa shape index (κ3) is 1.88. The van der Waals surface area contributed by atoms with Gasteiger partial charge in [-0.2, -0.15) is 0 Å². The zero-order valence-corrected chi connectivity index (χ0v) is 11.3. The summed E-state index contributed by atoms with van der Waals surface area (Å²) in [6.45, 7) is 5.91. The van der Waals surface area contributed by atoms with Crippen LogP contribution < -0.4 is 10.6 Å². The van der Waals surface area contributed by atoms with Crippen LogP contribution in [0.3, 0.4) is 0 Å². The van der Waals surface area contributed by atoms with Crippen LogP contribution in [0.4, 0.5) is 5.69 Å². The SMILES string of the molecule is CC(C)c1ncc(N2CC3CCC2C3)c(CN)n1. The molecule has 2 bridgehead atoms. The summed E-state index contributed by atoms with van der Waals surface area (Å²) in [5, 5.41) is 0. The Bertz CT molecular complexity index is 443. The molecule has 0 aromatic carbocycles. The van der Waals surface area contributed by atoms with Crippen LogP contribution in [0.1, 0.15) is 50.5 Å². The molecule has 0 amide bonds. The van der Waals surface area contributed by atoms with E-state index >= 15 is 0 Å². The smallest absolute Gasteiger partial charge is 0.131 e. The maximum atomic E-state index is 5.87. The topological polar surface area (TPSA) is 55.0 Å². The van der Waals surface area contributed by atoms with E-state index in [2.05, 4.69) is 28.7 Å². The predicted octanol–water partition coefficient (Wildman–Crippen LogP) is 2.05. The number of rotatable bonds is 3. The number of piperidine rings is 1. The molecule has 4 nitrogen and oxygen atoms in total. The van der Waals surface area contributed by atoms with Gasteiger partial charge in [0.25, 0.3) is 0 Å². The predicted molar refractivity (Wildman–Crippen MR) is 72.5 cm³/mol. The van der Waals surface area contributed by atoms with Gasteiger partial charge in [-0.3, -0.25) is 0 Å². The average molecular weight is 246 g/mol. The van der Waals surface area contributed by atoms with Crippen molar-refractivity contribution in [1.82, 2.24) is 9.97 Å². The minimum atomic E-state index is 0.361. The van der Waals surface area contributed by atoms with Gasteiger partial charge in [-0.25, -0.2) is 9.97 Å². The van der Waals surface area contributed by atoms with E-state index in [1.54, 1.807) is 0 Å². The van der Waals surface area contributed by atoms with Crippen molar-refractivity contribution < 1.29 is 0 Å². The van der Waals surface area contributed by atoms with Crippen molar-refractivity contribution >= 4 is 5.69 Å². The average Bonchev–Trinajstić information content (AvgIpc) is 3.00. The second-order valence-electron chi connectivity index (χ2n) is 5.90. The summed E-state index contributed by atoms with van der Waals surface area (Å²) in [7, 11) is 0. The molecule has 1 aromatic rings. The Balaban J connectivity index is 1.92. The van der Waals surface area contributed by atoms with Gasteiger partial charge >= 0.3 is 0 Å². The number of aromatic nitrogens is 2. The number of nitrogens with two attached hydrogens (primary N) is 1. The van der Waals surface area contributed by atoms with Gasteiger partial charge in [-0.1, -0.05) is 13.8 Å². The molecule has 2 N–H and O–H groups in total. The Morgan fingerprint density at radius 3 is 2.83 bits per heavy atom. The van der Waals surface area contributed by atoms with E-state index in [1.165, 1.54) is 31.5 Å². The fourth-order valence-electron chi connectivity index (χ4n) is 3.31. The Morgan fingerprint density at radius 1 is 1.44 bits per heavy atom. The lowest BCUT2D eigenvalue weighted by Crippen LogP contribution is -2.33. The second-order valence-corrected chi connectivity index (χ2v) is 5.90. The molecule has 18 heavy (non-hydrogen) atoms. The van der Waals surface area contributed by atoms with Gasteiger partial charge in [0, 0.05) is 25.0 Å². The Kier molecular flexibility index (Phi) is 2.98. The molecule has 2 fully saturated rings. The number of fused-ring (bicyclic) bond motifs is 2. The second kappa shape index (κ2) is 4.50. The molecule has 1 saturated heterocycles. The molecule has 4 heteroatoms. The van der Waals surface area contributed by atoms with Crippen LogP contribution in [0, 0.1) is 5.92 Å². The maximum absolute atomic E-state index is 5.87. The lowest BCUT2D eigenvalue weighted by atomic mass is 10.1. The lowest BCUT2D eigenvalue weighted by molar-refractivity contribution is 0.550. The molecule has 1 aromatic heterocycles. The molecule has 1 aliphatic heterocycles. The molecule has 0 radical (unpaired) electrons. The van der Waals surface area contributed by atoms with Gasteiger partial charge in [0.1, 0.15) is 5.82 Å².